The van der Waals surface area contributed by atoms with E-state index in [9.17, 15) is 9.90 Å². The lowest BCUT2D eigenvalue weighted by Crippen LogP contribution is -2.04. The van der Waals surface area contributed by atoms with Crippen molar-refractivity contribution < 1.29 is 19.4 Å². The van der Waals surface area contributed by atoms with E-state index in [1.54, 1.807) is 12.1 Å². The van der Waals surface area contributed by atoms with Crippen LogP contribution in [0.25, 0.3) is 0 Å². The highest BCUT2D eigenvalue weighted by Gasteiger charge is 2.17. The molecule has 1 aromatic rings. The normalized spacial score (nSPS) is 12.0. The smallest absolute Gasteiger partial charge is 0.150 e. The molecule has 0 aliphatic heterocycles. The van der Waals surface area contributed by atoms with Gasteiger partial charge in [0.05, 0.1) is 20.3 Å². The minimum Gasteiger partial charge on any atom is -0.497 e. The number of methoxy groups -OCH3 is 2. The Bertz CT molecular complexity index is 374. The van der Waals surface area contributed by atoms with Crippen molar-refractivity contribution in [2.24, 2.45) is 0 Å². The van der Waals surface area contributed by atoms with Crippen LogP contribution in [0.3, 0.4) is 0 Å². The number of carbonyl (C=O) groups excluding carboxylic acids is 1. The van der Waals surface area contributed by atoms with Gasteiger partial charge in [-0.15, -0.1) is 0 Å². The van der Waals surface area contributed by atoms with Gasteiger partial charge in [0.25, 0.3) is 0 Å². The zero-order chi connectivity index (χ0) is 12.1. The van der Waals surface area contributed by atoms with Crippen molar-refractivity contribution in [1.29, 1.82) is 0 Å². The largest absolute Gasteiger partial charge is 0.497 e. The SMILES string of the molecule is CCC(O)c1c(C=O)cc(OC)cc1OC. The van der Waals surface area contributed by atoms with E-state index in [-0.39, 0.29) is 0 Å². The highest BCUT2D eigenvalue weighted by molar-refractivity contribution is 5.80. The van der Waals surface area contributed by atoms with E-state index in [1.807, 2.05) is 6.92 Å². The summed E-state index contributed by atoms with van der Waals surface area (Å²) in [6.45, 7) is 1.84. The molecule has 0 heterocycles. The Labute approximate surface area is 94.8 Å². The van der Waals surface area contributed by atoms with Gasteiger partial charge in [-0.3, -0.25) is 4.79 Å². The first-order valence-electron chi connectivity index (χ1n) is 5.07. The van der Waals surface area contributed by atoms with Gasteiger partial charge in [-0.1, -0.05) is 6.92 Å². The average Bonchev–Trinajstić information content (AvgIpc) is 2.35. The van der Waals surface area contributed by atoms with Crippen LogP contribution in [-0.2, 0) is 0 Å². The van der Waals surface area contributed by atoms with Crippen molar-refractivity contribution in [3.05, 3.63) is 23.3 Å². The molecule has 0 saturated heterocycles. The molecular weight excluding hydrogens is 208 g/mol. The maximum absolute atomic E-state index is 11.0. The summed E-state index contributed by atoms with van der Waals surface area (Å²) in [5, 5.41) is 9.84. The van der Waals surface area contributed by atoms with Crippen molar-refractivity contribution in [3.63, 3.8) is 0 Å². The van der Waals surface area contributed by atoms with Crippen LogP contribution in [0.2, 0.25) is 0 Å². The second-order valence-electron chi connectivity index (χ2n) is 3.37. The molecule has 4 heteroatoms. The molecule has 0 saturated carbocycles. The molecule has 4 nitrogen and oxygen atoms in total. The summed E-state index contributed by atoms with van der Waals surface area (Å²) >= 11 is 0. The molecular formula is C12H16O4. The van der Waals surface area contributed by atoms with Gasteiger partial charge in [-0.25, -0.2) is 0 Å². The number of carbonyl (C=O) groups is 1. The van der Waals surface area contributed by atoms with Crippen LogP contribution in [-0.4, -0.2) is 25.6 Å². The summed E-state index contributed by atoms with van der Waals surface area (Å²) in [6.07, 6.45) is 0.504. The molecule has 1 rings (SSSR count). The third kappa shape index (κ3) is 2.33. The Hall–Kier alpha value is -1.55. The van der Waals surface area contributed by atoms with Gasteiger partial charge in [0, 0.05) is 17.2 Å². The lowest BCUT2D eigenvalue weighted by molar-refractivity contribution is 0.111. The van der Waals surface area contributed by atoms with Crippen LogP contribution in [0.5, 0.6) is 11.5 Å². The number of aliphatic hydroxyl groups excluding tert-OH is 1. The first-order chi connectivity index (χ1) is 7.67. The Kier molecular flexibility index (Phi) is 4.31. The third-order valence-corrected chi connectivity index (χ3v) is 2.45. The van der Waals surface area contributed by atoms with Gasteiger partial charge in [0.1, 0.15) is 11.5 Å². The van der Waals surface area contributed by atoms with Crippen molar-refractivity contribution >= 4 is 6.29 Å². The average molecular weight is 224 g/mol. The monoisotopic (exact) mass is 224 g/mol. The van der Waals surface area contributed by atoms with E-state index < -0.39 is 6.10 Å². The molecule has 1 atom stereocenters. The molecule has 0 spiro atoms. The van der Waals surface area contributed by atoms with Crippen molar-refractivity contribution in [3.8, 4) is 11.5 Å². The number of aliphatic hydroxyl groups is 1. The Balaban J connectivity index is 3.36. The number of benzene rings is 1. The fourth-order valence-electron chi connectivity index (χ4n) is 1.57. The molecule has 88 valence electrons. The lowest BCUT2D eigenvalue weighted by atomic mass is 10.00. The maximum Gasteiger partial charge on any atom is 0.150 e. The van der Waals surface area contributed by atoms with Gasteiger partial charge in [0.2, 0.25) is 0 Å². The number of ether oxygens (including phenoxy) is 2. The fraction of sp³-hybridized carbons (Fsp3) is 0.417. The molecule has 1 N–H and O–H groups in total. The Morgan fingerprint density at radius 3 is 2.50 bits per heavy atom. The van der Waals surface area contributed by atoms with E-state index in [4.69, 9.17) is 9.47 Å². The van der Waals surface area contributed by atoms with E-state index in [0.717, 1.165) is 0 Å². The van der Waals surface area contributed by atoms with E-state index >= 15 is 0 Å². The quantitative estimate of drug-likeness (QED) is 0.777. The molecule has 1 aromatic carbocycles. The Morgan fingerprint density at radius 1 is 1.38 bits per heavy atom. The summed E-state index contributed by atoms with van der Waals surface area (Å²) in [5.41, 5.74) is 0.909. The van der Waals surface area contributed by atoms with Gasteiger partial charge < -0.3 is 14.6 Å². The number of hydrogen-bond acceptors (Lipinski definition) is 4. The van der Waals surface area contributed by atoms with Crippen LogP contribution in [0, 0.1) is 0 Å². The van der Waals surface area contributed by atoms with Gasteiger partial charge in [0.15, 0.2) is 6.29 Å². The maximum atomic E-state index is 11.0. The zero-order valence-corrected chi connectivity index (χ0v) is 9.69. The minimum atomic E-state index is -0.707. The highest BCUT2D eigenvalue weighted by Crippen LogP contribution is 2.33. The third-order valence-electron chi connectivity index (χ3n) is 2.45. The lowest BCUT2D eigenvalue weighted by Gasteiger charge is -2.16. The summed E-state index contributed by atoms with van der Waals surface area (Å²) in [5.74, 6) is 1.00. The molecule has 1 unspecified atom stereocenters. The predicted octanol–water partition coefficient (Wildman–Crippen LogP) is 1.96. The van der Waals surface area contributed by atoms with Gasteiger partial charge in [-0.2, -0.15) is 0 Å². The molecule has 0 fully saturated rings. The summed E-state index contributed by atoms with van der Waals surface area (Å²) in [7, 11) is 3.01. The molecule has 0 radical (unpaired) electrons. The Morgan fingerprint density at radius 2 is 2.06 bits per heavy atom. The van der Waals surface area contributed by atoms with Gasteiger partial charge in [-0.05, 0) is 12.5 Å². The van der Waals surface area contributed by atoms with Gasteiger partial charge >= 0.3 is 0 Å². The van der Waals surface area contributed by atoms with Crippen LogP contribution in [0.1, 0.15) is 35.4 Å². The topological polar surface area (TPSA) is 55.8 Å². The summed E-state index contributed by atoms with van der Waals surface area (Å²) in [4.78, 5) is 11.0. The summed E-state index contributed by atoms with van der Waals surface area (Å²) < 4.78 is 10.2. The molecule has 0 aromatic heterocycles. The molecule has 0 aliphatic carbocycles. The predicted molar refractivity (Wildman–Crippen MR) is 60.2 cm³/mol. The van der Waals surface area contributed by atoms with E-state index in [1.165, 1.54) is 14.2 Å². The molecule has 16 heavy (non-hydrogen) atoms. The molecule has 0 aliphatic rings. The molecule has 0 bridgehead atoms. The summed E-state index contributed by atoms with van der Waals surface area (Å²) in [6, 6.07) is 3.24. The molecule has 0 amide bonds. The zero-order valence-electron chi connectivity index (χ0n) is 9.69. The van der Waals surface area contributed by atoms with Crippen molar-refractivity contribution in [1.82, 2.24) is 0 Å². The highest BCUT2D eigenvalue weighted by atomic mass is 16.5. The first-order valence-corrected chi connectivity index (χ1v) is 5.07. The standard InChI is InChI=1S/C12H16O4/c1-4-10(14)12-8(7-13)5-9(15-2)6-11(12)16-3/h5-7,10,14H,4H2,1-3H3. The number of rotatable bonds is 5. The van der Waals surface area contributed by atoms with E-state index in [2.05, 4.69) is 0 Å². The number of aldehydes is 1. The second kappa shape index (κ2) is 5.51. The first kappa shape index (κ1) is 12.5. The van der Waals surface area contributed by atoms with Crippen molar-refractivity contribution in [2.45, 2.75) is 19.4 Å². The van der Waals surface area contributed by atoms with Crippen LogP contribution in [0.4, 0.5) is 0 Å². The van der Waals surface area contributed by atoms with Crippen LogP contribution in [0.15, 0.2) is 12.1 Å². The van der Waals surface area contributed by atoms with E-state index in [0.29, 0.717) is 35.3 Å². The van der Waals surface area contributed by atoms with Crippen LogP contribution >= 0.6 is 0 Å². The second-order valence-corrected chi connectivity index (χ2v) is 3.37. The fourth-order valence-corrected chi connectivity index (χ4v) is 1.57. The minimum absolute atomic E-state index is 0.394. The number of hydrogen-bond donors (Lipinski definition) is 1. The van der Waals surface area contributed by atoms with Crippen molar-refractivity contribution in [2.75, 3.05) is 14.2 Å². The van der Waals surface area contributed by atoms with Crippen LogP contribution < -0.4 is 9.47 Å².